The largest absolute Gasteiger partial charge is 0.350 e. The molecule has 2 bridgehead atoms. The maximum atomic E-state index is 12.2. The van der Waals surface area contributed by atoms with Gasteiger partial charge in [-0.25, -0.2) is 0 Å². The molecule has 124 valence electrons. The van der Waals surface area contributed by atoms with Gasteiger partial charge in [0, 0.05) is 12.1 Å². The summed E-state index contributed by atoms with van der Waals surface area (Å²) in [4.78, 5) is 12.2. The van der Waals surface area contributed by atoms with Gasteiger partial charge in [0.15, 0.2) is 0 Å². The van der Waals surface area contributed by atoms with E-state index in [-0.39, 0.29) is 5.91 Å². The Morgan fingerprint density at radius 2 is 1.87 bits per heavy atom. The molecule has 1 amide bonds. The molecule has 3 rings (SSSR count). The molecule has 2 aliphatic carbocycles. The van der Waals surface area contributed by atoms with Gasteiger partial charge >= 0.3 is 0 Å². The van der Waals surface area contributed by atoms with Gasteiger partial charge in [-0.15, -0.1) is 0 Å². The number of hydrogen-bond acceptors (Lipinski definition) is 1. The Balaban J connectivity index is 1.52. The van der Waals surface area contributed by atoms with Crippen LogP contribution in [0, 0.1) is 17.8 Å². The molecule has 0 spiro atoms. The molecule has 0 heterocycles. The third-order valence-electron chi connectivity index (χ3n) is 5.84. The Hall–Kier alpha value is -1.57. The summed E-state index contributed by atoms with van der Waals surface area (Å²) in [5, 5.41) is 3.18. The summed E-state index contributed by atoms with van der Waals surface area (Å²) in [6, 6.07) is 8.74. The van der Waals surface area contributed by atoms with Crippen molar-refractivity contribution in [2.75, 3.05) is 0 Å². The van der Waals surface area contributed by atoms with E-state index in [1.54, 1.807) is 6.08 Å². The predicted molar refractivity (Wildman–Crippen MR) is 96.1 cm³/mol. The van der Waals surface area contributed by atoms with Crippen LogP contribution in [0.1, 0.15) is 63.5 Å². The first-order valence-corrected chi connectivity index (χ1v) is 9.11. The second-order valence-electron chi connectivity index (χ2n) is 7.79. The monoisotopic (exact) mass is 311 g/mol. The quantitative estimate of drug-likeness (QED) is 0.780. The van der Waals surface area contributed by atoms with E-state index in [4.69, 9.17) is 0 Å². The van der Waals surface area contributed by atoms with Gasteiger partial charge in [0.25, 0.3) is 0 Å². The van der Waals surface area contributed by atoms with Crippen molar-refractivity contribution in [1.82, 2.24) is 5.32 Å². The first-order chi connectivity index (χ1) is 11.0. The van der Waals surface area contributed by atoms with Crippen LogP contribution in [-0.4, -0.2) is 11.9 Å². The molecule has 2 heteroatoms. The fraction of sp³-hybridized carbons (Fsp3) is 0.571. The lowest BCUT2D eigenvalue weighted by atomic mass is 9.84. The standard InChI is InChI=1S/C21H29NO/c1-14(2)18-8-4-16(5-9-18)7-11-21(23)22-15(3)20-13-17-6-10-19(20)12-17/h4-5,7-9,11,14-15,17,19-20H,6,10,12-13H2,1-3H3,(H,22,23)/b11-7+/t15-,17+,19+,20-/m0/s1. The van der Waals surface area contributed by atoms with Gasteiger partial charge in [-0.05, 0) is 67.1 Å². The van der Waals surface area contributed by atoms with E-state index in [1.807, 2.05) is 6.08 Å². The number of fused-ring (bicyclic) bond motifs is 2. The van der Waals surface area contributed by atoms with E-state index in [0.717, 1.165) is 17.4 Å². The molecule has 1 aromatic rings. The molecule has 0 saturated heterocycles. The number of carbonyl (C=O) groups excluding carboxylic acids is 1. The van der Waals surface area contributed by atoms with Gasteiger partial charge in [0.2, 0.25) is 5.91 Å². The van der Waals surface area contributed by atoms with E-state index in [9.17, 15) is 4.79 Å². The van der Waals surface area contributed by atoms with Gasteiger partial charge < -0.3 is 5.32 Å². The maximum Gasteiger partial charge on any atom is 0.244 e. The number of hydrogen-bond donors (Lipinski definition) is 1. The van der Waals surface area contributed by atoms with E-state index in [2.05, 4.69) is 50.4 Å². The Kier molecular flexibility index (Phi) is 4.89. The van der Waals surface area contributed by atoms with Crippen molar-refractivity contribution in [3.8, 4) is 0 Å². The van der Waals surface area contributed by atoms with E-state index < -0.39 is 0 Å². The van der Waals surface area contributed by atoms with Crippen molar-refractivity contribution in [3.63, 3.8) is 0 Å². The van der Waals surface area contributed by atoms with Gasteiger partial charge in [-0.2, -0.15) is 0 Å². The van der Waals surface area contributed by atoms with Crippen molar-refractivity contribution in [2.24, 2.45) is 17.8 Å². The third-order valence-corrected chi connectivity index (χ3v) is 5.84. The highest BCUT2D eigenvalue weighted by Crippen LogP contribution is 2.49. The van der Waals surface area contributed by atoms with Crippen LogP contribution in [0.25, 0.3) is 6.08 Å². The molecule has 2 nitrogen and oxygen atoms in total. The van der Waals surface area contributed by atoms with Crippen molar-refractivity contribution < 1.29 is 4.79 Å². The lowest BCUT2D eigenvalue weighted by Gasteiger charge is -2.28. The predicted octanol–water partition coefficient (Wildman–Crippen LogP) is 4.76. The third kappa shape index (κ3) is 3.85. The fourth-order valence-electron chi connectivity index (χ4n) is 4.45. The summed E-state index contributed by atoms with van der Waals surface area (Å²) in [5.74, 6) is 3.05. The van der Waals surface area contributed by atoms with Gasteiger partial charge in [-0.1, -0.05) is 44.5 Å². The Bertz CT molecular complexity index is 572. The minimum absolute atomic E-state index is 0.0354. The average Bonchev–Trinajstić information content (AvgIpc) is 3.16. The molecule has 0 aromatic heterocycles. The molecule has 0 unspecified atom stereocenters. The molecule has 4 atom stereocenters. The fourth-order valence-corrected chi connectivity index (χ4v) is 4.45. The van der Waals surface area contributed by atoms with E-state index in [0.29, 0.717) is 17.9 Å². The Morgan fingerprint density at radius 1 is 1.13 bits per heavy atom. The number of amides is 1. The highest BCUT2D eigenvalue weighted by molar-refractivity contribution is 5.91. The minimum Gasteiger partial charge on any atom is -0.350 e. The zero-order chi connectivity index (χ0) is 16.4. The SMILES string of the molecule is CC(C)c1ccc(/C=C/C(=O)N[C@@H](C)[C@@H]2C[C@@H]3CC[C@@H]2C3)cc1. The Labute approximate surface area is 140 Å². The van der Waals surface area contributed by atoms with Crippen molar-refractivity contribution in [3.05, 3.63) is 41.5 Å². The van der Waals surface area contributed by atoms with Crippen molar-refractivity contribution in [1.29, 1.82) is 0 Å². The van der Waals surface area contributed by atoms with Crippen LogP contribution >= 0.6 is 0 Å². The van der Waals surface area contributed by atoms with Crippen LogP contribution in [0.2, 0.25) is 0 Å². The molecule has 2 aliphatic rings. The van der Waals surface area contributed by atoms with Gasteiger partial charge in [-0.3, -0.25) is 4.79 Å². The zero-order valence-corrected chi connectivity index (χ0v) is 14.6. The number of nitrogens with one attached hydrogen (secondary N) is 1. The second kappa shape index (κ2) is 6.90. The molecule has 23 heavy (non-hydrogen) atoms. The summed E-state index contributed by atoms with van der Waals surface area (Å²) in [6.07, 6.45) is 9.07. The molecule has 0 aliphatic heterocycles. The molecular weight excluding hydrogens is 282 g/mol. The lowest BCUT2D eigenvalue weighted by Crippen LogP contribution is -2.39. The van der Waals surface area contributed by atoms with Gasteiger partial charge in [0.05, 0.1) is 0 Å². The highest BCUT2D eigenvalue weighted by atomic mass is 16.1. The van der Waals surface area contributed by atoms with Crippen LogP contribution in [0.4, 0.5) is 0 Å². The molecule has 0 radical (unpaired) electrons. The minimum atomic E-state index is 0.0354. The van der Waals surface area contributed by atoms with Crippen LogP contribution < -0.4 is 5.32 Å². The first kappa shape index (κ1) is 16.3. The number of benzene rings is 1. The van der Waals surface area contributed by atoms with Crippen molar-refractivity contribution in [2.45, 2.75) is 58.4 Å². The topological polar surface area (TPSA) is 29.1 Å². The van der Waals surface area contributed by atoms with E-state index >= 15 is 0 Å². The summed E-state index contributed by atoms with van der Waals surface area (Å²) in [6.45, 7) is 6.55. The first-order valence-electron chi connectivity index (χ1n) is 9.11. The molecule has 1 aromatic carbocycles. The number of carbonyl (C=O) groups is 1. The number of rotatable bonds is 5. The Morgan fingerprint density at radius 3 is 2.43 bits per heavy atom. The average molecular weight is 311 g/mol. The summed E-state index contributed by atoms with van der Waals surface area (Å²) >= 11 is 0. The summed E-state index contributed by atoms with van der Waals surface area (Å²) in [5.41, 5.74) is 2.41. The lowest BCUT2D eigenvalue weighted by molar-refractivity contribution is -0.117. The molecule has 2 saturated carbocycles. The summed E-state index contributed by atoms with van der Waals surface area (Å²) in [7, 11) is 0. The van der Waals surface area contributed by atoms with E-state index in [1.165, 1.54) is 31.2 Å². The normalized spacial score (nSPS) is 27.7. The van der Waals surface area contributed by atoms with Gasteiger partial charge in [0.1, 0.15) is 0 Å². The smallest absolute Gasteiger partial charge is 0.244 e. The second-order valence-corrected chi connectivity index (χ2v) is 7.79. The summed E-state index contributed by atoms with van der Waals surface area (Å²) < 4.78 is 0. The molecule has 1 N–H and O–H groups in total. The van der Waals surface area contributed by atoms with Crippen LogP contribution in [0.5, 0.6) is 0 Å². The van der Waals surface area contributed by atoms with Crippen LogP contribution in [0.3, 0.4) is 0 Å². The molecular formula is C21H29NO. The van der Waals surface area contributed by atoms with Crippen LogP contribution in [-0.2, 0) is 4.79 Å². The van der Waals surface area contributed by atoms with Crippen LogP contribution in [0.15, 0.2) is 30.3 Å². The highest BCUT2D eigenvalue weighted by Gasteiger charge is 2.41. The zero-order valence-electron chi connectivity index (χ0n) is 14.6. The van der Waals surface area contributed by atoms with Crippen molar-refractivity contribution >= 4 is 12.0 Å². The molecule has 2 fully saturated rings. The maximum absolute atomic E-state index is 12.2.